The van der Waals surface area contributed by atoms with Crippen LogP contribution in [0.4, 0.5) is 0 Å². The fourth-order valence-corrected chi connectivity index (χ4v) is 0.905. The van der Waals surface area contributed by atoms with E-state index < -0.39 is 18.1 Å². The Balaban J connectivity index is 2.58. The molecule has 1 rings (SSSR count). The zero-order valence-electron chi connectivity index (χ0n) is 5.67. The molecule has 60 valence electrons. The van der Waals surface area contributed by atoms with Gasteiger partial charge in [0.05, 0.1) is 6.61 Å². The summed E-state index contributed by atoms with van der Waals surface area (Å²) in [7, 11) is 0. The van der Waals surface area contributed by atoms with E-state index in [0.717, 1.165) is 0 Å². The van der Waals surface area contributed by atoms with Crippen LogP contribution in [0.5, 0.6) is 0 Å². The van der Waals surface area contributed by atoms with Gasteiger partial charge in [0, 0.05) is 11.3 Å². The summed E-state index contributed by atoms with van der Waals surface area (Å²) in [6.45, 7) is -0.219. The molecule has 0 unspecified atom stereocenters. The molecule has 0 aromatic carbocycles. The van der Waals surface area contributed by atoms with Crippen molar-refractivity contribution in [2.24, 2.45) is 5.11 Å². The van der Waals surface area contributed by atoms with Gasteiger partial charge in [0.1, 0.15) is 12.1 Å². The Hall–Kier alpha value is -1.26. The molecule has 1 fully saturated rings. The number of carbonyl (C=O) groups excluding carboxylic acids is 1. The molecule has 1 aliphatic heterocycles. The third-order valence-electron chi connectivity index (χ3n) is 1.44. The maximum Gasteiger partial charge on any atom is 0.315 e. The largest absolute Gasteiger partial charge is 0.460 e. The number of esters is 1. The van der Waals surface area contributed by atoms with Gasteiger partial charge in [-0.3, -0.25) is 4.79 Å². The number of aliphatic hydroxyl groups is 1. The summed E-state index contributed by atoms with van der Waals surface area (Å²) < 4.78 is 4.62. The van der Waals surface area contributed by atoms with E-state index in [9.17, 15) is 4.79 Å². The van der Waals surface area contributed by atoms with E-state index in [1.54, 1.807) is 0 Å². The number of carbonyl (C=O) groups is 1. The van der Waals surface area contributed by atoms with E-state index >= 15 is 0 Å². The van der Waals surface area contributed by atoms with Gasteiger partial charge in [-0.15, -0.1) is 0 Å². The van der Waals surface area contributed by atoms with Crippen molar-refractivity contribution < 1.29 is 14.6 Å². The summed E-state index contributed by atoms with van der Waals surface area (Å²) in [5.74, 6) is -0.554. The summed E-state index contributed by atoms with van der Waals surface area (Å²) in [4.78, 5) is 13.2. The van der Waals surface area contributed by atoms with Crippen molar-refractivity contribution in [3.05, 3.63) is 10.4 Å². The summed E-state index contributed by atoms with van der Waals surface area (Å²) in [5.41, 5.74) is 7.99. The number of hydrogen-bond donors (Lipinski definition) is 1. The number of ether oxygens (including phenoxy) is 1. The third-order valence-corrected chi connectivity index (χ3v) is 1.44. The molecule has 2 atom stereocenters. The Morgan fingerprint density at radius 1 is 1.91 bits per heavy atom. The van der Waals surface area contributed by atoms with Gasteiger partial charge in [0.15, 0.2) is 0 Å². The van der Waals surface area contributed by atoms with E-state index in [1.807, 2.05) is 0 Å². The minimum Gasteiger partial charge on any atom is -0.460 e. The number of hydrogen-bond acceptors (Lipinski definition) is 4. The summed E-state index contributed by atoms with van der Waals surface area (Å²) in [6, 6.07) is -0.753. The van der Waals surface area contributed by atoms with Crippen molar-refractivity contribution in [3.63, 3.8) is 0 Å². The van der Waals surface area contributed by atoms with Gasteiger partial charge >= 0.3 is 5.97 Å². The fourth-order valence-electron chi connectivity index (χ4n) is 0.905. The van der Waals surface area contributed by atoms with Gasteiger partial charge in [-0.25, -0.2) is 0 Å². The molecule has 0 aromatic rings. The van der Waals surface area contributed by atoms with Crippen LogP contribution in [0.1, 0.15) is 6.42 Å². The summed E-state index contributed by atoms with van der Waals surface area (Å²) in [6.07, 6.45) is -0.225. The second-order valence-electron chi connectivity index (χ2n) is 2.20. The van der Waals surface area contributed by atoms with Crippen molar-refractivity contribution in [2.75, 3.05) is 6.61 Å². The molecule has 6 nitrogen and oxygen atoms in total. The first-order chi connectivity index (χ1) is 5.27. The van der Waals surface area contributed by atoms with Crippen LogP contribution in [0.2, 0.25) is 0 Å². The second-order valence-corrected chi connectivity index (χ2v) is 2.20. The van der Waals surface area contributed by atoms with Crippen LogP contribution in [0, 0.1) is 0 Å². The monoisotopic (exact) mass is 157 g/mol. The molecule has 11 heavy (non-hydrogen) atoms. The minimum atomic E-state index is -0.753. The molecular formula is C5H7N3O3. The minimum absolute atomic E-state index is 0.219. The fraction of sp³-hybridized carbons (Fsp3) is 0.800. The van der Waals surface area contributed by atoms with Gasteiger partial charge < -0.3 is 9.84 Å². The summed E-state index contributed by atoms with van der Waals surface area (Å²) >= 11 is 0. The molecule has 1 heterocycles. The molecule has 1 aliphatic rings. The zero-order valence-corrected chi connectivity index (χ0v) is 5.67. The Bertz CT molecular complexity index is 211. The van der Waals surface area contributed by atoms with Gasteiger partial charge in [0.25, 0.3) is 0 Å². The molecular weight excluding hydrogens is 150 g/mol. The Morgan fingerprint density at radius 3 is 3.09 bits per heavy atom. The molecule has 1 N–H and O–H groups in total. The quantitative estimate of drug-likeness (QED) is 0.264. The van der Waals surface area contributed by atoms with Crippen LogP contribution in [0.25, 0.3) is 10.4 Å². The third kappa shape index (κ3) is 1.60. The highest BCUT2D eigenvalue weighted by atomic mass is 16.6. The van der Waals surface area contributed by atoms with Gasteiger partial charge in [0.2, 0.25) is 0 Å². The van der Waals surface area contributed by atoms with Crippen molar-refractivity contribution in [3.8, 4) is 0 Å². The number of aliphatic hydroxyl groups excluding tert-OH is 1. The van der Waals surface area contributed by atoms with Gasteiger partial charge in [-0.1, -0.05) is 5.11 Å². The van der Waals surface area contributed by atoms with Crippen LogP contribution in [0.3, 0.4) is 0 Å². The Labute approximate surface area is 62.4 Å². The summed E-state index contributed by atoms with van der Waals surface area (Å²) in [5, 5.41) is 11.8. The highest BCUT2D eigenvalue weighted by molar-refractivity contribution is 5.78. The van der Waals surface area contributed by atoms with Crippen molar-refractivity contribution in [1.82, 2.24) is 0 Å². The predicted octanol–water partition coefficient (Wildman–Crippen LogP) is -0.0269. The Kier molecular flexibility index (Phi) is 2.30. The lowest BCUT2D eigenvalue weighted by atomic mass is 10.2. The first-order valence-corrected chi connectivity index (χ1v) is 3.13. The molecule has 0 saturated carbocycles. The lowest BCUT2D eigenvalue weighted by molar-refractivity contribution is -0.143. The molecule has 0 amide bonds. The second kappa shape index (κ2) is 3.23. The Morgan fingerprint density at radius 2 is 2.64 bits per heavy atom. The molecule has 6 heteroatoms. The lowest BCUT2D eigenvalue weighted by Gasteiger charge is -2.00. The number of cyclic esters (lactones) is 1. The molecule has 1 saturated heterocycles. The number of nitrogens with zero attached hydrogens (tertiary/aromatic N) is 3. The van der Waals surface area contributed by atoms with Crippen molar-refractivity contribution >= 4 is 5.97 Å². The maximum absolute atomic E-state index is 10.7. The van der Waals surface area contributed by atoms with Gasteiger partial charge in [-0.2, -0.15) is 0 Å². The zero-order chi connectivity index (χ0) is 8.27. The van der Waals surface area contributed by atoms with E-state index in [-0.39, 0.29) is 13.0 Å². The molecule has 0 bridgehead atoms. The van der Waals surface area contributed by atoms with E-state index in [4.69, 9.17) is 10.6 Å². The highest BCUT2D eigenvalue weighted by Gasteiger charge is 2.32. The van der Waals surface area contributed by atoms with Crippen LogP contribution in [0.15, 0.2) is 5.11 Å². The average molecular weight is 157 g/mol. The van der Waals surface area contributed by atoms with Crippen molar-refractivity contribution in [1.29, 1.82) is 0 Å². The van der Waals surface area contributed by atoms with Crippen LogP contribution in [-0.4, -0.2) is 29.8 Å². The molecule has 0 aliphatic carbocycles. The topological polar surface area (TPSA) is 95.3 Å². The first kappa shape index (κ1) is 7.84. The molecule has 0 radical (unpaired) electrons. The SMILES string of the molecule is [N-]=[N+]=N[C@H]1C[C@@H](CO)OC1=O. The van der Waals surface area contributed by atoms with E-state index in [1.165, 1.54) is 0 Å². The van der Waals surface area contributed by atoms with Crippen molar-refractivity contribution in [2.45, 2.75) is 18.6 Å². The van der Waals surface area contributed by atoms with Crippen LogP contribution < -0.4 is 0 Å². The predicted molar refractivity (Wildman–Crippen MR) is 34.5 cm³/mol. The maximum atomic E-state index is 10.7. The van der Waals surface area contributed by atoms with Crippen LogP contribution in [-0.2, 0) is 9.53 Å². The van der Waals surface area contributed by atoms with E-state index in [0.29, 0.717) is 0 Å². The molecule has 0 aromatic heterocycles. The van der Waals surface area contributed by atoms with Gasteiger partial charge in [-0.05, 0) is 5.53 Å². The highest BCUT2D eigenvalue weighted by Crippen LogP contribution is 2.17. The first-order valence-electron chi connectivity index (χ1n) is 3.13. The van der Waals surface area contributed by atoms with E-state index in [2.05, 4.69) is 14.8 Å². The lowest BCUT2D eigenvalue weighted by Crippen LogP contribution is -2.10. The average Bonchev–Trinajstić information content (AvgIpc) is 2.33. The smallest absolute Gasteiger partial charge is 0.315 e. The molecule has 0 spiro atoms. The number of azide groups is 1. The number of rotatable bonds is 2. The standard InChI is InChI=1S/C5H7N3O3/c6-8-7-4-1-3(2-9)11-5(4)10/h3-4,9H,1-2H2/t3-,4-/m0/s1. The van der Waals surface area contributed by atoms with Crippen LogP contribution >= 0.6 is 0 Å². The normalized spacial score (nSPS) is 29.4.